The number of esters is 1. The highest BCUT2D eigenvalue weighted by atomic mass is 16.6. The van der Waals surface area contributed by atoms with Gasteiger partial charge in [-0.15, -0.1) is 0 Å². The third kappa shape index (κ3) is 3.43. The Labute approximate surface area is 160 Å². The normalized spacial score (nSPS) is 26.0. The molecule has 0 radical (unpaired) electrons. The Kier molecular flexibility index (Phi) is 4.86. The fraction of sp³-hybridized carbons (Fsp3) is 0.417. The number of ether oxygens (including phenoxy) is 1. The van der Waals surface area contributed by atoms with Crippen LogP contribution in [-0.4, -0.2) is 17.4 Å². The van der Waals surface area contributed by atoms with Crippen LogP contribution in [0.15, 0.2) is 60.7 Å². The van der Waals surface area contributed by atoms with Crippen molar-refractivity contribution in [1.82, 2.24) is 0 Å². The van der Waals surface area contributed by atoms with Crippen molar-refractivity contribution in [3.63, 3.8) is 0 Å². The van der Waals surface area contributed by atoms with E-state index in [-0.39, 0.29) is 17.7 Å². The van der Waals surface area contributed by atoms with Crippen LogP contribution in [0.2, 0.25) is 0 Å². The van der Waals surface area contributed by atoms with Crippen LogP contribution >= 0.6 is 0 Å². The SMILES string of the molecule is CCCC1(Cc2ccccc2)OC(=O)C(C(c2ccccc2)C2CC2)C1=O. The lowest BCUT2D eigenvalue weighted by molar-refractivity contribution is -0.153. The number of Topliss-reactive ketones (excluding diaryl/α,β-unsaturated/α-hetero) is 1. The zero-order valence-electron chi connectivity index (χ0n) is 15.8. The molecule has 1 saturated carbocycles. The summed E-state index contributed by atoms with van der Waals surface area (Å²) in [7, 11) is 0. The van der Waals surface area contributed by atoms with Crippen LogP contribution in [0, 0.1) is 11.8 Å². The average molecular weight is 362 g/mol. The van der Waals surface area contributed by atoms with E-state index < -0.39 is 11.5 Å². The molecule has 0 N–H and O–H groups in total. The van der Waals surface area contributed by atoms with Crippen LogP contribution < -0.4 is 0 Å². The highest BCUT2D eigenvalue weighted by Crippen LogP contribution is 2.51. The van der Waals surface area contributed by atoms with Crippen LogP contribution in [0.5, 0.6) is 0 Å². The lowest BCUT2D eigenvalue weighted by Crippen LogP contribution is -2.41. The number of carbonyl (C=O) groups excluding carboxylic acids is 2. The van der Waals surface area contributed by atoms with E-state index in [2.05, 4.69) is 0 Å². The molecular formula is C24H26O3. The number of carbonyl (C=O) groups is 2. The minimum atomic E-state index is -1.01. The Morgan fingerprint density at radius 2 is 1.63 bits per heavy atom. The summed E-state index contributed by atoms with van der Waals surface area (Å²) in [6.07, 6.45) is 4.01. The maximum Gasteiger partial charge on any atom is 0.318 e. The number of hydrogen-bond donors (Lipinski definition) is 0. The molecular weight excluding hydrogens is 336 g/mol. The van der Waals surface area contributed by atoms with E-state index in [1.165, 1.54) is 0 Å². The van der Waals surface area contributed by atoms with Gasteiger partial charge in [-0.05, 0) is 36.3 Å². The molecule has 0 spiro atoms. The van der Waals surface area contributed by atoms with Gasteiger partial charge in [-0.3, -0.25) is 9.59 Å². The molecule has 4 rings (SSSR count). The van der Waals surface area contributed by atoms with Gasteiger partial charge in [0.25, 0.3) is 0 Å². The maximum absolute atomic E-state index is 13.6. The van der Waals surface area contributed by atoms with Crippen molar-refractivity contribution < 1.29 is 14.3 Å². The minimum Gasteiger partial charge on any atom is -0.450 e. The third-order valence-corrected chi connectivity index (χ3v) is 5.94. The van der Waals surface area contributed by atoms with Gasteiger partial charge in [-0.2, -0.15) is 0 Å². The van der Waals surface area contributed by atoms with Crippen molar-refractivity contribution in [3.05, 3.63) is 71.8 Å². The van der Waals surface area contributed by atoms with Gasteiger partial charge < -0.3 is 4.74 Å². The first-order valence-corrected chi connectivity index (χ1v) is 10.0. The number of cyclic esters (lactones) is 1. The highest BCUT2D eigenvalue weighted by Gasteiger charge is 2.59. The number of benzene rings is 2. The molecule has 2 fully saturated rings. The van der Waals surface area contributed by atoms with Crippen molar-refractivity contribution >= 4 is 11.8 Å². The molecule has 1 saturated heterocycles. The molecule has 3 atom stereocenters. The lowest BCUT2D eigenvalue weighted by Gasteiger charge is -2.27. The molecule has 2 aliphatic rings. The Balaban J connectivity index is 1.68. The van der Waals surface area contributed by atoms with Crippen molar-refractivity contribution in [2.75, 3.05) is 0 Å². The fourth-order valence-corrected chi connectivity index (χ4v) is 4.59. The van der Waals surface area contributed by atoms with Crippen LogP contribution in [0.3, 0.4) is 0 Å². The van der Waals surface area contributed by atoms with Gasteiger partial charge in [0.15, 0.2) is 11.4 Å². The Morgan fingerprint density at radius 3 is 2.22 bits per heavy atom. The summed E-state index contributed by atoms with van der Waals surface area (Å²) in [5, 5.41) is 0. The average Bonchev–Trinajstić information content (AvgIpc) is 3.48. The van der Waals surface area contributed by atoms with Gasteiger partial charge in [-0.1, -0.05) is 74.0 Å². The molecule has 1 aliphatic heterocycles. The van der Waals surface area contributed by atoms with E-state index in [9.17, 15) is 9.59 Å². The summed E-state index contributed by atoms with van der Waals surface area (Å²) in [4.78, 5) is 26.6. The van der Waals surface area contributed by atoms with Crippen molar-refractivity contribution in [2.24, 2.45) is 11.8 Å². The zero-order chi connectivity index (χ0) is 18.9. The quantitative estimate of drug-likeness (QED) is 0.529. The smallest absolute Gasteiger partial charge is 0.318 e. The van der Waals surface area contributed by atoms with Gasteiger partial charge in [0.1, 0.15) is 5.92 Å². The van der Waals surface area contributed by atoms with E-state index in [0.717, 1.165) is 30.4 Å². The van der Waals surface area contributed by atoms with Gasteiger partial charge in [-0.25, -0.2) is 0 Å². The molecule has 140 valence electrons. The fourth-order valence-electron chi connectivity index (χ4n) is 4.59. The number of ketones is 1. The van der Waals surface area contributed by atoms with Gasteiger partial charge in [0.05, 0.1) is 0 Å². The second-order valence-corrected chi connectivity index (χ2v) is 7.94. The van der Waals surface area contributed by atoms with Crippen LogP contribution in [0.4, 0.5) is 0 Å². The molecule has 1 aliphatic carbocycles. The molecule has 3 nitrogen and oxygen atoms in total. The number of hydrogen-bond acceptors (Lipinski definition) is 3. The van der Waals surface area contributed by atoms with Crippen LogP contribution in [0.1, 0.15) is 49.7 Å². The van der Waals surface area contributed by atoms with E-state index in [1.54, 1.807) is 0 Å². The molecule has 1 heterocycles. The minimum absolute atomic E-state index is 0.0149. The highest BCUT2D eigenvalue weighted by molar-refractivity contribution is 6.10. The topological polar surface area (TPSA) is 43.4 Å². The molecule has 3 heteroatoms. The second-order valence-electron chi connectivity index (χ2n) is 7.94. The van der Waals surface area contributed by atoms with Crippen molar-refractivity contribution in [2.45, 2.75) is 50.5 Å². The Bertz CT molecular complexity index is 810. The number of rotatable bonds is 7. The molecule has 27 heavy (non-hydrogen) atoms. The van der Waals surface area contributed by atoms with E-state index >= 15 is 0 Å². The van der Waals surface area contributed by atoms with Crippen LogP contribution in [0.25, 0.3) is 0 Å². The monoisotopic (exact) mass is 362 g/mol. The van der Waals surface area contributed by atoms with Gasteiger partial charge in [0, 0.05) is 12.3 Å². The van der Waals surface area contributed by atoms with Crippen molar-refractivity contribution in [3.8, 4) is 0 Å². The summed E-state index contributed by atoms with van der Waals surface area (Å²) in [5.74, 6) is -0.664. The van der Waals surface area contributed by atoms with Gasteiger partial charge in [0.2, 0.25) is 0 Å². The maximum atomic E-state index is 13.6. The first-order valence-electron chi connectivity index (χ1n) is 10.0. The molecule has 2 aromatic rings. The predicted octanol–water partition coefficient (Wildman–Crippen LogP) is 4.70. The predicted molar refractivity (Wildman–Crippen MR) is 104 cm³/mol. The molecule has 0 amide bonds. The molecule has 0 aromatic heterocycles. The summed E-state index contributed by atoms with van der Waals surface area (Å²) in [5.41, 5.74) is 1.11. The Morgan fingerprint density at radius 1 is 1.00 bits per heavy atom. The van der Waals surface area contributed by atoms with Gasteiger partial charge >= 0.3 is 5.97 Å². The standard InChI is InChI=1S/C24H26O3/c1-2-15-24(16-17-9-5-3-6-10-17)22(25)21(23(26)27-24)20(19-13-14-19)18-11-7-4-8-12-18/h3-12,19-21H,2,13-16H2,1H3. The van der Waals surface area contributed by atoms with Crippen LogP contribution in [-0.2, 0) is 20.7 Å². The zero-order valence-corrected chi connectivity index (χ0v) is 15.8. The molecule has 0 bridgehead atoms. The Hall–Kier alpha value is -2.42. The summed E-state index contributed by atoms with van der Waals surface area (Å²) >= 11 is 0. The second kappa shape index (κ2) is 7.30. The summed E-state index contributed by atoms with van der Waals surface area (Å²) in [6.45, 7) is 2.04. The molecule has 3 unspecified atom stereocenters. The first-order chi connectivity index (χ1) is 13.1. The van der Waals surface area contributed by atoms with E-state index in [0.29, 0.717) is 18.8 Å². The largest absolute Gasteiger partial charge is 0.450 e. The van der Waals surface area contributed by atoms with E-state index in [1.807, 2.05) is 67.6 Å². The first kappa shape index (κ1) is 18.0. The summed E-state index contributed by atoms with van der Waals surface area (Å²) < 4.78 is 5.91. The third-order valence-electron chi connectivity index (χ3n) is 5.94. The lowest BCUT2D eigenvalue weighted by atomic mass is 9.75. The summed E-state index contributed by atoms with van der Waals surface area (Å²) in [6, 6.07) is 19.9. The van der Waals surface area contributed by atoms with E-state index in [4.69, 9.17) is 4.74 Å². The molecule has 2 aromatic carbocycles. The van der Waals surface area contributed by atoms with Crippen molar-refractivity contribution in [1.29, 1.82) is 0 Å².